The third-order valence-corrected chi connectivity index (χ3v) is 5.72. The van der Waals surface area contributed by atoms with Gasteiger partial charge in [0.2, 0.25) is 5.91 Å². The van der Waals surface area contributed by atoms with Gasteiger partial charge in [-0.3, -0.25) is 4.79 Å². The number of benzene rings is 1. The molecule has 1 saturated carbocycles. The Bertz CT molecular complexity index is 558. The molecule has 4 nitrogen and oxygen atoms in total. The number of rotatable bonds is 4. The van der Waals surface area contributed by atoms with E-state index in [2.05, 4.69) is 31.2 Å². The highest BCUT2D eigenvalue weighted by molar-refractivity contribution is 6.00. The summed E-state index contributed by atoms with van der Waals surface area (Å²) in [6.45, 7) is 3.28. The van der Waals surface area contributed by atoms with Crippen molar-refractivity contribution < 1.29 is 14.6 Å². The molecule has 1 aromatic carbocycles. The van der Waals surface area contributed by atoms with E-state index in [9.17, 15) is 9.90 Å². The predicted octanol–water partition coefficient (Wildman–Crippen LogP) is 2.92. The largest absolute Gasteiger partial charge is 0.387 e. The van der Waals surface area contributed by atoms with Crippen LogP contribution in [0.3, 0.4) is 0 Å². The van der Waals surface area contributed by atoms with Gasteiger partial charge in [-0.15, -0.1) is 0 Å². The third kappa shape index (κ3) is 3.02. The van der Waals surface area contributed by atoms with Gasteiger partial charge in [-0.05, 0) is 56.2 Å². The van der Waals surface area contributed by atoms with Crippen molar-refractivity contribution in [3.8, 4) is 0 Å². The molecule has 1 aromatic rings. The lowest BCUT2D eigenvalue weighted by molar-refractivity contribution is -0.133. The van der Waals surface area contributed by atoms with E-state index < -0.39 is 5.60 Å². The SMILES string of the molecule is CCc1ccc(N2CCC3(CCC(O)(COC)CC3)C2=O)cc1. The number of nitrogens with zero attached hydrogens (tertiary/aromatic N) is 1. The highest BCUT2D eigenvalue weighted by Gasteiger charge is 2.51. The Balaban J connectivity index is 1.71. The molecule has 23 heavy (non-hydrogen) atoms. The molecule has 1 aliphatic heterocycles. The smallest absolute Gasteiger partial charge is 0.233 e. The number of aliphatic hydroxyl groups is 1. The van der Waals surface area contributed by atoms with Crippen LogP contribution >= 0.6 is 0 Å². The van der Waals surface area contributed by atoms with Crippen LogP contribution in [-0.4, -0.2) is 36.9 Å². The van der Waals surface area contributed by atoms with Gasteiger partial charge < -0.3 is 14.7 Å². The molecule has 1 amide bonds. The maximum Gasteiger partial charge on any atom is 0.233 e. The van der Waals surface area contributed by atoms with Gasteiger partial charge in [-0.25, -0.2) is 0 Å². The highest BCUT2D eigenvalue weighted by Crippen LogP contribution is 2.48. The Kier molecular flexibility index (Phi) is 4.47. The number of ether oxygens (including phenoxy) is 1. The minimum atomic E-state index is -0.753. The van der Waals surface area contributed by atoms with Crippen molar-refractivity contribution in [3.05, 3.63) is 29.8 Å². The second kappa shape index (κ2) is 6.25. The summed E-state index contributed by atoms with van der Waals surface area (Å²) < 4.78 is 5.13. The molecule has 1 spiro atoms. The van der Waals surface area contributed by atoms with Crippen molar-refractivity contribution in [1.29, 1.82) is 0 Å². The van der Waals surface area contributed by atoms with Gasteiger partial charge >= 0.3 is 0 Å². The molecule has 2 fully saturated rings. The Morgan fingerprint density at radius 1 is 1.13 bits per heavy atom. The van der Waals surface area contributed by atoms with Crippen LogP contribution in [-0.2, 0) is 16.0 Å². The van der Waals surface area contributed by atoms with Crippen LogP contribution < -0.4 is 4.90 Å². The molecule has 0 radical (unpaired) electrons. The van der Waals surface area contributed by atoms with Crippen LogP contribution in [0.4, 0.5) is 5.69 Å². The minimum absolute atomic E-state index is 0.237. The van der Waals surface area contributed by atoms with Crippen LogP contribution in [0.5, 0.6) is 0 Å². The predicted molar refractivity (Wildman–Crippen MR) is 90.5 cm³/mol. The number of aryl methyl sites for hydroxylation is 1. The average molecular weight is 317 g/mol. The van der Waals surface area contributed by atoms with Gasteiger partial charge in [0, 0.05) is 19.3 Å². The summed E-state index contributed by atoms with van der Waals surface area (Å²) in [6, 6.07) is 8.32. The molecule has 0 unspecified atom stereocenters. The summed E-state index contributed by atoms with van der Waals surface area (Å²) in [6.07, 6.45) is 4.72. The first-order valence-corrected chi connectivity index (χ1v) is 8.64. The van der Waals surface area contributed by atoms with Gasteiger partial charge in [-0.2, -0.15) is 0 Å². The third-order valence-electron chi connectivity index (χ3n) is 5.72. The monoisotopic (exact) mass is 317 g/mol. The molecular formula is C19H27NO3. The van der Waals surface area contributed by atoms with E-state index in [-0.39, 0.29) is 11.3 Å². The number of hydrogen-bond acceptors (Lipinski definition) is 3. The van der Waals surface area contributed by atoms with Crippen molar-refractivity contribution in [1.82, 2.24) is 0 Å². The lowest BCUT2D eigenvalue weighted by atomic mass is 9.68. The molecule has 3 rings (SSSR count). The van der Waals surface area contributed by atoms with Crippen LogP contribution in [0.15, 0.2) is 24.3 Å². The van der Waals surface area contributed by atoms with E-state index >= 15 is 0 Å². The quantitative estimate of drug-likeness (QED) is 0.929. The summed E-state index contributed by atoms with van der Waals surface area (Å²) in [5.41, 5.74) is 1.26. The lowest BCUT2D eigenvalue weighted by Gasteiger charge is -2.40. The number of carbonyl (C=O) groups excluding carboxylic acids is 1. The molecular weight excluding hydrogens is 290 g/mol. The zero-order chi connectivity index (χ0) is 16.5. The molecule has 0 aromatic heterocycles. The Morgan fingerprint density at radius 3 is 2.35 bits per heavy atom. The van der Waals surface area contributed by atoms with Crippen LogP contribution in [0.25, 0.3) is 0 Å². The first kappa shape index (κ1) is 16.5. The van der Waals surface area contributed by atoms with Crippen LogP contribution in [0.2, 0.25) is 0 Å². The fourth-order valence-corrected chi connectivity index (χ4v) is 4.05. The summed E-state index contributed by atoms with van der Waals surface area (Å²) in [7, 11) is 1.62. The number of amides is 1. The van der Waals surface area contributed by atoms with E-state index in [1.807, 2.05) is 4.90 Å². The number of methoxy groups -OCH3 is 1. The fourth-order valence-electron chi connectivity index (χ4n) is 4.05. The van der Waals surface area contributed by atoms with Crippen molar-refractivity contribution in [2.45, 2.75) is 51.0 Å². The molecule has 1 saturated heterocycles. The summed E-state index contributed by atoms with van der Waals surface area (Å²) in [4.78, 5) is 14.9. The molecule has 1 heterocycles. The van der Waals surface area contributed by atoms with Crippen molar-refractivity contribution >= 4 is 11.6 Å². The van der Waals surface area contributed by atoms with Gasteiger partial charge in [0.05, 0.1) is 17.6 Å². The van der Waals surface area contributed by atoms with E-state index in [0.29, 0.717) is 19.4 Å². The lowest BCUT2D eigenvalue weighted by Crippen LogP contribution is -2.45. The van der Waals surface area contributed by atoms with Crippen LogP contribution in [0, 0.1) is 5.41 Å². The van der Waals surface area contributed by atoms with Gasteiger partial charge in [-0.1, -0.05) is 19.1 Å². The maximum absolute atomic E-state index is 13.0. The summed E-state index contributed by atoms with van der Waals surface area (Å²) >= 11 is 0. The topological polar surface area (TPSA) is 49.8 Å². The summed E-state index contributed by atoms with van der Waals surface area (Å²) in [5.74, 6) is 0.237. The number of anilines is 1. The number of hydrogen-bond donors (Lipinski definition) is 1. The zero-order valence-electron chi connectivity index (χ0n) is 14.2. The Morgan fingerprint density at radius 2 is 1.78 bits per heavy atom. The van der Waals surface area contributed by atoms with Gasteiger partial charge in [0.25, 0.3) is 0 Å². The maximum atomic E-state index is 13.0. The van der Waals surface area contributed by atoms with Crippen molar-refractivity contribution in [2.75, 3.05) is 25.2 Å². The molecule has 1 N–H and O–H groups in total. The van der Waals surface area contributed by atoms with Crippen molar-refractivity contribution in [3.63, 3.8) is 0 Å². The Labute approximate surface area is 138 Å². The summed E-state index contributed by atoms with van der Waals surface area (Å²) in [5, 5.41) is 10.5. The van der Waals surface area contributed by atoms with Gasteiger partial charge in [0.15, 0.2) is 0 Å². The molecule has 1 aliphatic carbocycles. The van der Waals surface area contributed by atoms with E-state index in [1.165, 1.54) is 5.56 Å². The Hall–Kier alpha value is -1.39. The van der Waals surface area contributed by atoms with E-state index in [1.54, 1.807) is 7.11 Å². The second-order valence-corrected chi connectivity index (χ2v) is 7.16. The first-order chi connectivity index (χ1) is 11.0. The molecule has 2 aliphatic rings. The number of carbonyl (C=O) groups is 1. The van der Waals surface area contributed by atoms with Crippen molar-refractivity contribution in [2.24, 2.45) is 5.41 Å². The normalized spacial score (nSPS) is 31.1. The highest BCUT2D eigenvalue weighted by atomic mass is 16.5. The second-order valence-electron chi connectivity index (χ2n) is 7.16. The minimum Gasteiger partial charge on any atom is -0.387 e. The fraction of sp³-hybridized carbons (Fsp3) is 0.632. The average Bonchev–Trinajstić information content (AvgIpc) is 2.88. The van der Waals surface area contributed by atoms with E-state index in [4.69, 9.17) is 4.74 Å². The first-order valence-electron chi connectivity index (χ1n) is 8.64. The van der Waals surface area contributed by atoms with Gasteiger partial charge in [0.1, 0.15) is 0 Å². The molecule has 4 heteroatoms. The molecule has 0 atom stereocenters. The van der Waals surface area contributed by atoms with Crippen LogP contribution in [0.1, 0.15) is 44.6 Å². The zero-order valence-corrected chi connectivity index (χ0v) is 14.2. The molecule has 126 valence electrons. The standard InChI is InChI=1S/C19H27NO3/c1-3-15-4-6-16(7-5-15)20-13-12-18(17(20)21)8-10-19(22,11-9-18)14-23-2/h4-7,22H,3,8-14H2,1-2H3. The van der Waals surface area contributed by atoms with E-state index in [0.717, 1.165) is 37.9 Å². The molecule has 0 bridgehead atoms.